The fourth-order valence-corrected chi connectivity index (χ4v) is 2.40. The zero-order valence-corrected chi connectivity index (χ0v) is 14.5. The molecule has 0 aliphatic carbocycles. The third-order valence-electron chi connectivity index (χ3n) is 3.68. The first-order chi connectivity index (χ1) is 18.5. The van der Waals surface area contributed by atoms with Crippen LogP contribution in [0, 0.1) is 31.6 Å². The van der Waals surface area contributed by atoms with Gasteiger partial charge >= 0.3 is 0 Å². The van der Waals surface area contributed by atoms with Gasteiger partial charge in [0.05, 0.1) is 26.4 Å². The van der Waals surface area contributed by atoms with Gasteiger partial charge < -0.3 is 0 Å². The Morgan fingerprint density at radius 1 is 1.21 bits per heavy atom. The molecular weight excluding hydrogens is 344 g/mol. The average molecular weight is 377 g/mol. The molecule has 0 spiro atoms. The van der Waals surface area contributed by atoms with Crippen molar-refractivity contribution < 1.29 is 16.4 Å². The Morgan fingerprint density at radius 2 is 1.96 bits per heavy atom. The highest BCUT2D eigenvalue weighted by Crippen LogP contribution is 2.21. The van der Waals surface area contributed by atoms with Crippen molar-refractivity contribution in [1.29, 1.82) is 5.26 Å². The lowest BCUT2D eigenvalue weighted by atomic mass is 9.95. The lowest BCUT2D eigenvalue weighted by Crippen LogP contribution is -2.03. The number of benzene rings is 2. The Labute approximate surface area is 182 Å². The van der Waals surface area contributed by atoms with Crippen LogP contribution in [0.5, 0.6) is 0 Å². The van der Waals surface area contributed by atoms with Crippen LogP contribution in [0.4, 0.5) is 0 Å². The predicted molar refractivity (Wildman–Crippen MR) is 110 cm³/mol. The molecule has 0 amide bonds. The van der Waals surface area contributed by atoms with Gasteiger partial charge in [-0.2, -0.15) is 5.26 Å². The summed E-state index contributed by atoms with van der Waals surface area (Å²) < 4.78 is 97.5. The summed E-state index contributed by atoms with van der Waals surface area (Å²) in [4.78, 5) is 11.4. The third kappa shape index (κ3) is 4.69. The molecule has 0 unspecified atom stereocenters. The lowest BCUT2D eigenvalue weighted by molar-refractivity contribution is 0.912. The molecule has 1 heterocycles. The van der Waals surface area contributed by atoms with Gasteiger partial charge in [-0.25, -0.2) is 14.8 Å². The molecule has 0 radical (unpaired) electrons. The van der Waals surface area contributed by atoms with Crippen LogP contribution >= 0.6 is 0 Å². The van der Waals surface area contributed by atoms with E-state index in [1.54, 1.807) is 6.07 Å². The van der Waals surface area contributed by atoms with E-state index in [4.69, 9.17) is 28.3 Å². The van der Waals surface area contributed by atoms with E-state index in [1.165, 1.54) is 12.3 Å². The normalized spacial score (nSPS) is 17.6. The van der Waals surface area contributed by atoms with Crippen LogP contribution < -0.4 is 0 Å². The molecule has 28 heavy (non-hydrogen) atoms. The topological polar surface area (TPSA) is 53.9 Å². The SMILES string of the molecule is [2H]c1c([2H])c(Cc2nccc(Cc3c(C([2H])([2H])[2H])c([2H])c(/C=C/[N+]#[C-])c([2H])c3C([2H])([2H])[2H])n2)c([2H])c([2H])c1C#N. The predicted octanol–water partition coefficient (Wildman–Crippen LogP) is 5.04. The average Bonchev–Trinajstić information content (AvgIpc) is 2.84. The van der Waals surface area contributed by atoms with Crippen molar-refractivity contribution in [3.05, 3.63) is 111 Å². The molecule has 4 nitrogen and oxygen atoms in total. The van der Waals surface area contributed by atoms with Gasteiger partial charge in [-0.1, -0.05) is 30.2 Å². The highest BCUT2D eigenvalue weighted by Gasteiger charge is 2.08. The smallest absolute Gasteiger partial charge is 0.154 e. The lowest BCUT2D eigenvalue weighted by Gasteiger charge is -2.12. The quantitative estimate of drug-likeness (QED) is 0.586. The first kappa shape index (κ1) is 8.95. The first-order valence-electron chi connectivity index (χ1n) is 14.0. The summed E-state index contributed by atoms with van der Waals surface area (Å²) in [7, 11) is 0. The summed E-state index contributed by atoms with van der Waals surface area (Å²) in [5, 5.41) is 9.16. The molecule has 136 valence electrons. The van der Waals surface area contributed by atoms with Crippen LogP contribution in [0.2, 0.25) is 0 Å². The van der Waals surface area contributed by atoms with E-state index in [2.05, 4.69) is 14.8 Å². The molecular formula is C24H20N4. The summed E-state index contributed by atoms with van der Waals surface area (Å²) in [6.07, 6.45) is 2.54. The molecule has 0 saturated heterocycles. The Kier molecular flexibility index (Phi) is 2.80. The van der Waals surface area contributed by atoms with Gasteiger partial charge in [0.2, 0.25) is 0 Å². The van der Waals surface area contributed by atoms with E-state index in [0.29, 0.717) is 0 Å². The van der Waals surface area contributed by atoms with E-state index in [0.717, 1.165) is 12.3 Å². The highest BCUT2D eigenvalue weighted by molar-refractivity contribution is 5.55. The van der Waals surface area contributed by atoms with Crippen molar-refractivity contribution in [2.45, 2.75) is 26.5 Å². The van der Waals surface area contributed by atoms with Crippen LogP contribution in [0.3, 0.4) is 0 Å². The van der Waals surface area contributed by atoms with Gasteiger partial charge in [-0.15, -0.1) is 0 Å². The molecule has 0 N–H and O–H groups in total. The summed E-state index contributed by atoms with van der Waals surface area (Å²) in [5.41, 5.74) is -2.16. The second-order valence-electron chi connectivity index (χ2n) is 5.62. The maximum Gasteiger partial charge on any atom is 0.154 e. The minimum absolute atomic E-state index is 0.0164. The molecule has 0 aliphatic heterocycles. The number of aromatic nitrogens is 2. The number of rotatable bonds is 5. The Morgan fingerprint density at radius 3 is 2.61 bits per heavy atom. The number of nitrogens with zero attached hydrogens (tertiary/aromatic N) is 4. The summed E-state index contributed by atoms with van der Waals surface area (Å²) in [6.45, 7) is 1.03. The van der Waals surface area contributed by atoms with E-state index in [-0.39, 0.29) is 34.6 Å². The van der Waals surface area contributed by atoms with E-state index >= 15 is 0 Å². The minimum Gasteiger partial charge on any atom is -0.246 e. The first-order valence-corrected chi connectivity index (χ1v) is 8.04. The van der Waals surface area contributed by atoms with Crippen molar-refractivity contribution in [3.63, 3.8) is 0 Å². The summed E-state index contributed by atoms with van der Waals surface area (Å²) >= 11 is 0. The minimum atomic E-state index is -2.95. The molecule has 1 aromatic heterocycles. The zero-order valence-electron chi connectivity index (χ0n) is 26.5. The zero-order chi connectivity index (χ0) is 30.2. The fraction of sp³-hybridized carbons (Fsp3) is 0.167. The molecule has 0 aliphatic rings. The molecule has 4 heteroatoms. The van der Waals surface area contributed by atoms with Crippen LogP contribution in [0.25, 0.3) is 10.9 Å². The molecule has 0 fully saturated rings. The van der Waals surface area contributed by atoms with Crippen LogP contribution in [-0.2, 0) is 12.8 Å². The van der Waals surface area contributed by atoms with Crippen molar-refractivity contribution in [2.75, 3.05) is 0 Å². The number of hydrogen-bond donors (Lipinski definition) is 0. The van der Waals surface area contributed by atoms with Crippen molar-refractivity contribution in [3.8, 4) is 6.07 Å². The highest BCUT2D eigenvalue weighted by atomic mass is 14.9. The third-order valence-corrected chi connectivity index (χ3v) is 3.68. The van der Waals surface area contributed by atoms with Gasteiger partial charge in [0.1, 0.15) is 5.82 Å². The van der Waals surface area contributed by atoms with E-state index < -0.39 is 73.1 Å². The fourth-order valence-electron chi connectivity index (χ4n) is 2.40. The Balaban J connectivity index is 2.22. The standard InChI is InChI=1S/C24H20N4/c1-17-12-21(8-10-26-3)13-18(2)23(17)15-22-9-11-27-24(28-22)14-19-4-6-20(16-25)7-5-19/h4-13H,14-15H2,1-2H3/b10-8+/i1D3,2D3,4D,5D,6D,7D,12D,13D. The van der Waals surface area contributed by atoms with Crippen LogP contribution in [-0.4, -0.2) is 9.97 Å². The van der Waals surface area contributed by atoms with Crippen LogP contribution in [0.15, 0.2) is 54.7 Å². The second-order valence-corrected chi connectivity index (χ2v) is 5.62. The second kappa shape index (κ2) is 8.75. The van der Waals surface area contributed by atoms with Crippen molar-refractivity contribution in [1.82, 2.24) is 9.97 Å². The van der Waals surface area contributed by atoms with Gasteiger partial charge in [-0.05, 0) is 59.7 Å². The monoisotopic (exact) mass is 376 g/mol. The van der Waals surface area contributed by atoms with Gasteiger partial charge in [-0.3, -0.25) is 0 Å². The summed E-state index contributed by atoms with van der Waals surface area (Å²) in [5.74, 6) is 0.0164. The Bertz CT molecular complexity index is 1540. The van der Waals surface area contributed by atoms with Gasteiger partial charge in [0.25, 0.3) is 0 Å². The summed E-state index contributed by atoms with van der Waals surface area (Å²) in [6, 6.07) is -0.111. The molecule has 3 rings (SSSR count). The molecule has 0 saturated carbocycles. The number of hydrogen-bond acceptors (Lipinski definition) is 3. The van der Waals surface area contributed by atoms with E-state index in [1.807, 2.05) is 0 Å². The Hall–Kier alpha value is -3.76. The number of nitriles is 1. The molecule has 0 atom stereocenters. The molecule has 2 aromatic carbocycles. The molecule has 3 aromatic rings. The van der Waals surface area contributed by atoms with Crippen molar-refractivity contribution in [2.24, 2.45) is 0 Å². The maximum atomic E-state index is 9.16. The van der Waals surface area contributed by atoms with E-state index in [9.17, 15) is 0 Å². The van der Waals surface area contributed by atoms with Gasteiger partial charge in [0.15, 0.2) is 6.20 Å². The van der Waals surface area contributed by atoms with Crippen LogP contribution in [0.1, 0.15) is 61.3 Å². The van der Waals surface area contributed by atoms with Gasteiger partial charge in [0, 0.05) is 33.0 Å². The largest absolute Gasteiger partial charge is 0.246 e. The molecule has 0 bridgehead atoms. The van der Waals surface area contributed by atoms with Crippen molar-refractivity contribution >= 4 is 6.08 Å². The maximum absolute atomic E-state index is 9.16.